The number of aromatic nitrogens is 1. The second-order valence-electron chi connectivity index (χ2n) is 6.63. The molecule has 0 saturated heterocycles. The molecule has 0 atom stereocenters. The highest BCUT2D eigenvalue weighted by molar-refractivity contribution is 7.22. The molecule has 8 nitrogen and oxygen atoms in total. The van der Waals surface area contributed by atoms with Crippen LogP contribution in [0.3, 0.4) is 0 Å². The Bertz CT molecular complexity index is 1280. The number of hydrazone groups is 1. The molecule has 0 aliphatic rings. The van der Waals surface area contributed by atoms with E-state index >= 15 is 0 Å². The van der Waals surface area contributed by atoms with Crippen LogP contribution in [0.2, 0.25) is 0 Å². The van der Waals surface area contributed by atoms with Crippen molar-refractivity contribution in [2.75, 3.05) is 33.4 Å². The lowest BCUT2D eigenvalue weighted by molar-refractivity contribution is 0.0991. The van der Waals surface area contributed by atoms with Gasteiger partial charge in [0.25, 0.3) is 5.91 Å². The molecule has 2 aromatic heterocycles. The third-order valence-electron chi connectivity index (χ3n) is 4.70. The number of hydrogen-bond acceptors (Lipinski definition) is 9. The molecule has 0 aliphatic heterocycles. The summed E-state index contributed by atoms with van der Waals surface area (Å²) >= 11 is 2.69. The van der Waals surface area contributed by atoms with Crippen LogP contribution in [0, 0.1) is 0 Å². The Morgan fingerprint density at radius 1 is 1.00 bits per heavy atom. The van der Waals surface area contributed by atoms with Crippen molar-refractivity contribution in [2.24, 2.45) is 5.10 Å². The molecule has 0 fully saturated rings. The van der Waals surface area contributed by atoms with Crippen LogP contribution in [0.15, 0.2) is 52.9 Å². The Kier molecular flexibility index (Phi) is 6.76. The molecule has 10 heteroatoms. The second kappa shape index (κ2) is 9.88. The maximum Gasteiger partial charge on any atom is 0.290 e. The fourth-order valence-electron chi connectivity index (χ4n) is 3.10. The first-order valence-electron chi connectivity index (χ1n) is 9.74. The third kappa shape index (κ3) is 4.62. The van der Waals surface area contributed by atoms with Crippen molar-refractivity contribution in [3.63, 3.8) is 0 Å². The van der Waals surface area contributed by atoms with E-state index in [9.17, 15) is 4.79 Å². The molecule has 170 valence electrons. The Morgan fingerprint density at radius 3 is 2.36 bits per heavy atom. The number of thiazole rings is 1. The average Bonchev–Trinajstić information content (AvgIpc) is 3.53. The first-order chi connectivity index (χ1) is 16.1. The number of amides is 1. The first-order valence-corrected chi connectivity index (χ1v) is 11.4. The average molecular weight is 484 g/mol. The highest BCUT2D eigenvalue weighted by Crippen LogP contribution is 2.38. The quantitative estimate of drug-likeness (QED) is 0.257. The zero-order valence-electron chi connectivity index (χ0n) is 18.4. The highest BCUT2D eigenvalue weighted by atomic mass is 32.1. The molecule has 4 aromatic rings. The van der Waals surface area contributed by atoms with Gasteiger partial charge in [-0.15, -0.1) is 11.3 Å². The van der Waals surface area contributed by atoms with E-state index in [4.69, 9.17) is 18.9 Å². The van der Waals surface area contributed by atoms with Gasteiger partial charge < -0.3 is 18.9 Å². The minimum atomic E-state index is -0.278. The number of rotatable bonds is 8. The van der Waals surface area contributed by atoms with Crippen LogP contribution in [0.25, 0.3) is 10.2 Å². The monoisotopic (exact) mass is 483 g/mol. The smallest absolute Gasteiger partial charge is 0.290 e. The van der Waals surface area contributed by atoms with Gasteiger partial charge in [-0.05, 0) is 41.8 Å². The van der Waals surface area contributed by atoms with Crippen LogP contribution in [0.1, 0.15) is 15.2 Å². The van der Waals surface area contributed by atoms with Crippen LogP contribution in [0.5, 0.6) is 23.0 Å². The molecule has 0 saturated carbocycles. The number of carbonyl (C=O) groups is 1. The summed E-state index contributed by atoms with van der Waals surface area (Å²) in [4.78, 5) is 18.4. The first kappa shape index (κ1) is 22.6. The van der Waals surface area contributed by atoms with Gasteiger partial charge in [0, 0.05) is 5.56 Å². The minimum absolute atomic E-state index is 0.278. The number of thiophene rings is 1. The van der Waals surface area contributed by atoms with Gasteiger partial charge in [0.1, 0.15) is 5.75 Å². The summed E-state index contributed by atoms with van der Waals surface area (Å²) < 4.78 is 22.4. The van der Waals surface area contributed by atoms with Crippen molar-refractivity contribution in [1.82, 2.24) is 4.98 Å². The molecular formula is C23H21N3O5S2. The van der Waals surface area contributed by atoms with E-state index in [2.05, 4.69) is 10.1 Å². The standard InChI is InChI=1S/C23H21N3O5S2/c1-28-15-7-8-16-20(12-15)33-23(25-16)26(22(27)19-6-5-9-32-19)24-13-14-10-17(29-2)21(31-4)18(11-14)30-3/h5-13H,1-4H3/b24-13+. The fraction of sp³-hybridized carbons (Fsp3) is 0.174. The van der Waals surface area contributed by atoms with E-state index in [1.54, 1.807) is 45.7 Å². The van der Waals surface area contributed by atoms with Crippen molar-refractivity contribution < 1.29 is 23.7 Å². The number of methoxy groups -OCH3 is 4. The van der Waals surface area contributed by atoms with Gasteiger partial charge in [-0.1, -0.05) is 17.4 Å². The summed E-state index contributed by atoms with van der Waals surface area (Å²) in [6.45, 7) is 0. The van der Waals surface area contributed by atoms with Crippen molar-refractivity contribution in [3.8, 4) is 23.0 Å². The summed E-state index contributed by atoms with van der Waals surface area (Å²) in [5, 5.41) is 8.08. The number of hydrogen-bond donors (Lipinski definition) is 0. The molecule has 1 amide bonds. The number of anilines is 1. The molecule has 2 aromatic carbocycles. The molecule has 33 heavy (non-hydrogen) atoms. The van der Waals surface area contributed by atoms with Crippen LogP contribution < -0.4 is 24.0 Å². The van der Waals surface area contributed by atoms with Gasteiger partial charge >= 0.3 is 0 Å². The number of carbonyl (C=O) groups excluding carboxylic acids is 1. The molecule has 4 rings (SSSR count). The van der Waals surface area contributed by atoms with Gasteiger partial charge in [-0.3, -0.25) is 4.79 Å². The predicted octanol–water partition coefficient (Wildman–Crippen LogP) is 5.07. The second-order valence-corrected chi connectivity index (χ2v) is 8.58. The van der Waals surface area contributed by atoms with E-state index in [0.717, 1.165) is 16.0 Å². The molecular weight excluding hydrogens is 462 g/mol. The predicted molar refractivity (Wildman–Crippen MR) is 131 cm³/mol. The summed E-state index contributed by atoms with van der Waals surface area (Å²) in [6.07, 6.45) is 1.56. The number of fused-ring (bicyclic) bond motifs is 1. The minimum Gasteiger partial charge on any atom is -0.497 e. The highest BCUT2D eigenvalue weighted by Gasteiger charge is 2.22. The lowest BCUT2D eigenvalue weighted by Crippen LogP contribution is -2.24. The summed E-state index contributed by atoms with van der Waals surface area (Å²) in [5.74, 6) is 1.89. The van der Waals surface area contributed by atoms with Gasteiger partial charge in [-0.2, -0.15) is 10.1 Å². The van der Waals surface area contributed by atoms with Crippen molar-refractivity contribution >= 4 is 50.1 Å². The van der Waals surface area contributed by atoms with Crippen LogP contribution in [-0.2, 0) is 0 Å². The van der Waals surface area contributed by atoms with E-state index < -0.39 is 0 Å². The number of benzene rings is 2. The Balaban J connectivity index is 1.76. The molecule has 2 heterocycles. The molecule has 0 spiro atoms. The normalized spacial score (nSPS) is 11.0. The third-order valence-corrected chi connectivity index (χ3v) is 6.55. The number of ether oxygens (including phenoxy) is 4. The summed E-state index contributed by atoms with van der Waals surface area (Å²) in [6, 6.07) is 12.6. The maximum absolute atomic E-state index is 13.3. The van der Waals surface area contributed by atoms with Crippen LogP contribution in [-0.4, -0.2) is 45.5 Å². The van der Waals surface area contributed by atoms with Gasteiger partial charge in [-0.25, -0.2) is 4.98 Å². The SMILES string of the molecule is COc1ccc2nc(N(/N=C/c3cc(OC)c(OC)c(OC)c3)C(=O)c3cccs3)sc2c1. The molecule has 0 aliphatic carbocycles. The lowest BCUT2D eigenvalue weighted by atomic mass is 10.2. The van der Waals surface area contributed by atoms with E-state index in [1.165, 1.54) is 34.8 Å². The van der Waals surface area contributed by atoms with E-state index in [-0.39, 0.29) is 5.91 Å². The molecule has 0 N–H and O–H groups in total. The van der Waals surface area contributed by atoms with Crippen molar-refractivity contribution in [2.45, 2.75) is 0 Å². The molecule has 0 radical (unpaired) electrons. The lowest BCUT2D eigenvalue weighted by Gasteiger charge is -2.14. The van der Waals surface area contributed by atoms with Gasteiger partial charge in [0.05, 0.1) is 49.7 Å². The van der Waals surface area contributed by atoms with E-state index in [0.29, 0.717) is 32.8 Å². The summed E-state index contributed by atoms with van der Waals surface area (Å²) in [5.41, 5.74) is 1.42. The van der Waals surface area contributed by atoms with Crippen molar-refractivity contribution in [3.05, 3.63) is 58.3 Å². The Labute approximate surface area is 198 Å². The maximum atomic E-state index is 13.3. The zero-order valence-corrected chi connectivity index (χ0v) is 20.0. The molecule has 0 unspecified atom stereocenters. The molecule has 0 bridgehead atoms. The van der Waals surface area contributed by atoms with Crippen LogP contribution >= 0.6 is 22.7 Å². The number of nitrogens with zero attached hydrogens (tertiary/aromatic N) is 3. The van der Waals surface area contributed by atoms with Gasteiger partial charge in [0.2, 0.25) is 10.9 Å². The van der Waals surface area contributed by atoms with E-state index in [1.807, 2.05) is 29.6 Å². The Hall–Kier alpha value is -3.63. The topological polar surface area (TPSA) is 82.5 Å². The summed E-state index contributed by atoms with van der Waals surface area (Å²) in [7, 11) is 6.23. The largest absolute Gasteiger partial charge is 0.497 e. The fourth-order valence-corrected chi connectivity index (χ4v) is 4.70. The Morgan fingerprint density at radius 2 is 1.76 bits per heavy atom. The zero-order chi connectivity index (χ0) is 23.4. The van der Waals surface area contributed by atoms with Gasteiger partial charge in [0.15, 0.2) is 11.5 Å². The van der Waals surface area contributed by atoms with Crippen molar-refractivity contribution in [1.29, 1.82) is 0 Å². The van der Waals surface area contributed by atoms with Crippen LogP contribution in [0.4, 0.5) is 5.13 Å².